The summed E-state index contributed by atoms with van der Waals surface area (Å²) in [5.41, 5.74) is 0. The Hall–Kier alpha value is -0.760. The standard InChI is InChI=1S/C15H20F2N2O2S.ClH/c16-14-4-3-13(9-15(14)17)22(20,21)19-7-5-12(6-8-19)18-10-11-1-2-11;/h3-4,9,11-12,18H,1-2,5-8,10H2;1H. The van der Waals surface area contributed by atoms with Crippen molar-refractivity contribution in [3.63, 3.8) is 0 Å². The number of benzene rings is 1. The van der Waals surface area contributed by atoms with E-state index in [1.807, 2.05) is 0 Å². The molecule has 1 aromatic carbocycles. The quantitative estimate of drug-likeness (QED) is 0.871. The molecule has 130 valence electrons. The van der Waals surface area contributed by atoms with Crippen molar-refractivity contribution in [2.75, 3.05) is 19.6 Å². The fourth-order valence-corrected chi connectivity index (χ4v) is 4.22. The highest BCUT2D eigenvalue weighted by Crippen LogP contribution is 2.28. The summed E-state index contributed by atoms with van der Waals surface area (Å²) >= 11 is 0. The maximum Gasteiger partial charge on any atom is 0.243 e. The van der Waals surface area contributed by atoms with Crippen LogP contribution in [0.4, 0.5) is 8.78 Å². The summed E-state index contributed by atoms with van der Waals surface area (Å²) in [5, 5.41) is 3.48. The molecule has 8 heteroatoms. The van der Waals surface area contributed by atoms with Crippen molar-refractivity contribution in [3.05, 3.63) is 29.8 Å². The Labute approximate surface area is 141 Å². The third-order valence-corrected chi connectivity index (χ3v) is 6.27. The summed E-state index contributed by atoms with van der Waals surface area (Å²) in [4.78, 5) is -0.184. The van der Waals surface area contributed by atoms with Gasteiger partial charge in [-0.2, -0.15) is 4.31 Å². The van der Waals surface area contributed by atoms with Crippen molar-refractivity contribution in [1.29, 1.82) is 0 Å². The van der Waals surface area contributed by atoms with Gasteiger partial charge in [0.2, 0.25) is 10.0 Å². The van der Waals surface area contributed by atoms with Crippen molar-refractivity contribution in [2.45, 2.75) is 36.6 Å². The molecule has 1 aromatic rings. The highest BCUT2D eigenvalue weighted by molar-refractivity contribution is 7.89. The van der Waals surface area contributed by atoms with Crippen LogP contribution in [0.3, 0.4) is 0 Å². The summed E-state index contributed by atoms with van der Waals surface area (Å²) in [5.74, 6) is -1.38. The van der Waals surface area contributed by atoms with Crippen molar-refractivity contribution in [2.24, 2.45) is 5.92 Å². The SMILES string of the molecule is Cl.O=S(=O)(c1ccc(F)c(F)c1)N1CCC(NCC2CC2)CC1. The number of nitrogens with one attached hydrogen (secondary N) is 1. The maximum absolute atomic E-state index is 13.3. The third-order valence-electron chi connectivity index (χ3n) is 4.37. The highest BCUT2D eigenvalue weighted by Gasteiger charge is 2.30. The molecule has 1 aliphatic carbocycles. The van der Waals surface area contributed by atoms with Gasteiger partial charge in [0.15, 0.2) is 11.6 Å². The normalized spacial score (nSPS) is 20.3. The minimum atomic E-state index is -3.74. The number of rotatable bonds is 5. The van der Waals surface area contributed by atoms with Crippen molar-refractivity contribution in [1.82, 2.24) is 9.62 Å². The molecule has 1 saturated carbocycles. The zero-order valence-electron chi connectivity index (χ0n) is 12.7. The Kier molecular flexibility index (Phi) is 5.99. The lowest BCUT2D eigenvalue weighted by Crippen LogP contribution is -2.45. The van der Waals surface area contributed by atoms with E-state index in [0.29, 0.717) is 19.1 Å². The van der Waals surface area contributed by atoms with Crippen molar-refractivity contribution >= 4 is 22.4 Å². The van der Waals surface area contributed by atoms with Gasteiger partial charge in [0.25, 0.3) is 0 Å². The van der Waals surface area contributed by atoms with E-state index in [1.54, 1.807) is 0 Å². The Morgan fingerprint density at radius 1 is 1.09 bits per heavy atom. The molecule has 4 nitrogen and oxygen atoms in total. The average Bonchev–Trinajstić information content (AvgIpc) is 3.32. The second-order valence-electron chi connectivity index (χ2n) is 6.11. The molecule has 1 saturated heterocycles. The van der Waals surface area contributed by atoms with Crippen LogP contribution in [-0.2, 0) is 10.0 Å². The maximum atomic E-state index is 13.3. The van der Waals surface area contributed by atoms with E-state index in [1.165, 1.54) is 17.1 Å². The molecule has 2 aliphatic rings. The lowest BCUT2D eigenvalue weighted by atomic mass is 10.1. The van der Waals surface area contributed by atoms with Gasteiger partial charge < -0.3 is 5.32 Å². The van der Waals surface area contributed by atoms with Crippen LogP contribution in [0.1, 0.15) is 25.7 Å². The van der Waals surface area contributed by atoms with E-state index in [2.05, 4.69) is 5.32 Å². The summed E-state index contributed by atoms with van der Waals surface area (Å²) in [6.07, 6.45) is 4.07. The summed E-state index contributed by atoms with van der Waals surface area (Å²) < 4.78 is 52.5. The molecule has 0 unspecified atom stereocenters. The first-order valence-electron chi connectivity index (χ1n) is 7.65. The van der Waals surface area contributed by atoms with E-state index in [4.69, 9.17) is 0 Å². The largest absolute Gasteiger partial charge is 0.314 e. The van der Waals surface area contributed by atoms with Gasteiger partial charge in [0.1, 0.15) is 0 Å². The predicted octanol–water partition coefficient (Wildman–Crippen LogP) is 2.54. The zero-order valence-corrected chi connectivity index (χ0v) is 14.3. The second kappa shape index (κ2) is 7.42. The monoisotopic (exact) mass is 366 g/mol. The molecule has 0 aromatic heterocycles. The first-order valence-corrected chi connectivity index (χ1v) is 9.09. The number of nitrogens with zero attached hydrogens (tertiary/aromatic N) is 1. The lowest BCUT2D eigenvalue weighted by molar-refractivity contribution is 0.288. The van der Waals surface area contributed by atoms with Crippen LogP contribution in [0.15, 0.2) is 23.1 Å². The predicted molar refractivity (Wildman–Crippen MR) is 86.1 cm³/mol. The van der Waals surface area contributed by atoms with E-state index in [0.717, 1.165) is 43.5 Å². The van der Waals surface area contributed by atoms with Crippen LogP contribution in [0.25, 0.3) is 0 Å². The van der Waals surface area contributed by atoms with Gasteiger partial charge in [-0.05, 0) is 56.3 Å². The molecule has 23 heavy (non-hydrogen) atoms. The van der Waals surface area contributed by atoms with E-state index in [-0.39, 0.29) is 17.3 Å². The first kappa shape index (κ1) is 18.6. The van der Waals surface area contributed by atoms with Gasteiger partial charge in [-0.25, -0.2) is 17.2 Å². The van der Waals surface area contributed by atoms with Crippen molar-refractivity contribution in [3.8, 4) is 0 Å². The van der Waals surface area contributed by atoms with Gasteiger partial charge in [0.05, 0.1) is 4.90 Å². The van der Waals surface area contributed by atoms with Gasteiger partial charge in [0, 0.05) is 19.1 Å². The summed E-state index contributed by atoms with van der Waals surface area (Å²) in [6, 6.07) is 3.07. The van der Waals surface area contributed by atoms with E-state index >= 15 is 0 Å². The molecule has 1 aliphatic heterocycles. The smallest absolute Gasteiger partial charge is 0.243 e. The highest BCUT2D eigenvalue weighted by atomic mass is 35.5. The Morgan fingerprint density at radius 2 is 1.74 bits per heavy atom. The van der Waals surface area contributed by atoms with E-state index < -0.39 is 21.7 Å². The molecular weight excluding hydrogens is 346 g/mol. The molecule has 2 fully saturated rings. The zero-order chi connectivity index (χ0) is 15.7. The first-order chi connectivity index (χ1) is 10.5. The Morgan fingerprint density at radius 3 is 2.30 bits per heavy atom. The molecular formula is C15H21ClF2N2O2S. The average molecular weight is 367 g/mol. The Balaban J connectivity index is 0.00000192. The fraction of sp³-hybridized carbons (Fsp3) is 0.600. The van der Waals surface area contributed by atoms with Crippen LogP contribution in [0.5, 0.6) is 0 Å². The van der Waals surface area contributed by atoms with Crippen molar-refractivity contribution < 1.29 is 17.2 Å². The van der Waals surface area contributed by atoms with Crippen LogP contribution >= 0.6 is 12.4 Å². The van der Waals surface area contributed by atoms with Crippen LogP contribution in [-0.4, -0.2) is 38.4 Å². The molecule has 1 N–H and O–H groups in total. The Bertz CT molecular complexity index is 645. The van der Waals surface area contributed by atoms with Gasteiger partial charge in [-0.15, -0.1) is 12.4 Å². The molecule has 3 rings (SSSR count). The van der Waals surface area contributed by atoms with E-state index in [9.17, 15) is 17.2 Å². The lowest BCUT2D eigenvalue weighted by Gasteiger charge is -2.31. The molecule has 0 radical (unpaired) electrons. The number of piperidine rings is 1. The molecule has 0 bridgehead atoms. The minimum Gasteiger partial charge on any atom is -0.314 e. The van der Waals surface area contributed by atoms with Crippen LogP contribution in [0, 0.1) is 17.6 Å². The molecule has 0 spiro atoms. The summed E-state index contributed by atoms with van der Waals surface area (Å²) in [7, 11) is -3.74. The molecule has 1 heterocycles. The van der Waals surface area contributed by atoms with Gasteiger partial charge in [-0.3, -0.25) is 0 Å². The number of hydrogen-bond donors (Lipinski definition) is 1. The fourth-order valence-electron chi connectivity index (χ4n) is 2.74. The molecule has 0 amide bonds. The van der Waals surface area contributed by atoms with Crippen LogP contribution < -0.4 is 5.32 Å². The minimum absolute atomic E-state index is 0. The van der Waals surface area contributed by atoms with Crippen LogP contribution in [0.2, 0.25) is 0 Å². The van der Waals surface area contributed by atoms with Gasteiger partial charge >= 0.3 is 0 Å². The number of hydrogen-bond acceptors (Lipinski definition) is 3. The third kappa shape index (κ3) is 4.41. The number of sulfonamides is 1. The number of halogens is 3. The van der Waals surface area contributed by atoms with Gasteiger partial charge in [-0.1, -0.05) is 0 Å². The summed E-state index contributed by atoms with van der Waals surface area (Å²) in [6.45, 7) is 1.83. The second-order valence-corrected chi connectivity index (χ2v) is 8.04. The topological polar surface area (TPSA) is 49.4 Å². The molecule has 0 atom stereocenters.